The van der Waals surface area contributed by atoms with Gasteiger partial charge in [0.1, 0.15) is 6.04 Å². The molecule has 0 radical (unpaired) electrons. The number of aromatic nitrogens is 2. The van der Waals surface area contributed by atoms with Crippen molar-refractivity contribution in [3.8, 4) is 0 Å². The zero-order valence-corrected chi connectivity index (χ0v) is 10.2. The van der Waals surface area contributed by atoms with Crippen molar-refractivity contribution in [1.82, 2.24) is 15.0 Å². The smallest absolute Gasteiger partial charge is 0.323 e. The van der Waals surface area contributed by atoms with Gasteiger partial charge in [-0.3, -0.25) is 9.69 Å². The van der Waals surface area contributed by atoms with Gasteiger partial charge in [-0.1, -0.05) is 12.1 Å². The number of likely N-dealkylation sites (tertiary alicyclic amines) is 1. The summed E-state index contributed by atoms with van der Waals surface area (Å²) >= 11 is 0. The highest BCUT2D eigenvalue weighted by atomic mass is 16.5. The van der Waals surface area contributed by atoms with E-state index < -0.39 is 0 Å². The minimum Gasteiger partial charge on any atom is -0.468 e. The molecule has 1 saturated heterocycles. The van der Waals surface area contributed by atoms with Crippen molar-refractivity contribution in [2.45, 2.75) is 38.8 Å². The van der Waals surface area contributed by atoms with E-state index in [4.69, 9.17) is 9.26 Å². The second kappa shape index (κ2) is 5.27. The van der Waals surface area contributed by atoms with Crippen molar-refractivity contribution in [1.29, 1.82) is 0 Å². The van der Waals surface area contributed by atoms with Crippen molar-refractivity contribution in [3.63, 3.8) is 0 Å². The molecule has 17 heavy (non-hydrogen) atoms. The number of nitrogens with zero attached hydrogens (tertiary/aromatic N) is 3. The van der Waals surface area contributed by atoms with Crippen LogP contribution in [0.25, 0.3) is 0 Å². The molecule has 1 aliphatic heterocycles. The van der Waals surface area contributed by atoms with Gasteiger partial charge >= 0.3 is 5.97 Å². The van der Waals surface area contributed by atoms with Gasteiger partial charge in [-0.2, -0.15) is 4.98 Å². The Balaban J connectivity index is 2.00. The normalized spacial score (nSPS) is 20.7. The van der Waals surface area contributed by atoms with Crippen LogP contribution in [0.15, 0.2) is 4.52 Å². The Hall–Kier alpha value is -1.43. The highest BCUT2D eigenvalue weighted by Crippen LogP contribution is 2.20. The Morgan fingerprint density at radius 2 is 2.47 bits per heavy atom. The second-order valence-corrected chi connectivity index (χ2v) is 4.11. The van der Waals surface area contributed by atoms with Gasteiger partial charge < -0.3 is 9.26 Å². The third-order valence-corrected chi connectivity index (χ3v) is 3.00. The minimum absolute atomic E-state index is 0.169. The number of aryl methyl sites for hydroxylation is 1. The average molecular weight is 239 g/mol. The molecular weight excluding hydrogens is 222 g/mol. The minimum atomic E-state index is -0.183. The van der Waals surface area contributed by atoms with Gasteiger partial charge in [-0.15, -0.1) is 0 Å². The second-order valence-electron chi connectivity index (χ2n) is 4.11. The molecule has 0 aromatic carbocycles. The standard InChI is InChI=1S/C11H17N3O3/c1-3-9-12-10(17-13-9)7-14-6-4-5-8(14)11(15)16-2/h8H,3-7H2,1-2H3. The number of carbonyl (C=O) groups excluding carboxylic acids is 1. The van der Waals surface area contributed by atoms with Crippen molar-refractivity contribution in [3.05, 3.63) is 11.7 Å². The lowest BCUT2D eigenvalue weighted by Crippen LogP contribution is -2.36. The fourth-order valence-corrected chi connectivity index (χ4v) is 2.09. The first kappa shape index (κ1) is 12.0. The van der Waals surface area contributed by atoms with Crippen molar-refractivity contribution < 1.29 is 14.1 Å². The topological polar surface area (TPSA) is 68.5 Å². The Kier molecular flexibility index (Phi) is 3.73. The summed E-state index contributed by atoms with van der Waals surface area (Å²) in [4.78, 5) is 17.8. The lowest BCUT2D eigenvalue weighted by Gasteiger charge is -2.19. The maximum absolute atomic E-state index is 11.5. The number of ether oxygens (including phenoxy) is 1. The van der Waals surface area contributed by atoms with Crippen LogP contribution in [0.4, 0.5) is 0 Å². The maximum atomic E-state index is 11.5. The van der Waals surface area contributed by atoms with E-state index in [1.807, 2.05) is 11.8 Å². The summed E-state index contributed by atoms with van der Waals surface area (Å²) in [5, 5.41) is 3.84. The molecule has 0 amide bonds. The lowest BCUT2D eigenvalue weighted by molar-refractivity contribution is -0.146. The van der Waals surface area contributed by atoms with Crippen LogP contribution in [0.2, 0.25) is 0 Å². The van der Waals surface area contributed by atoms with Gasteiger partial charge in [0, 0.05) is 6.42 Å². The highest BCUT2D eigenvalue weighted by molar-refractivity contribution is 5.75. The molecule has 0 bridgehead atoms. The molecule has 1 aromatic rings. The molecule has 2 rings (SSSR count). The summed E-state index contributed by atoms with van der Waals surface area (Å²) < 4.78 is 9.91. The van der Waals surface area contributed by atoms with Crippen LogP contribution in [0.3, 0.4) is 0 Å². The first-order chi connectivity index (χ1) is 8.24. The summed E-state index contributed by atoms with van der Waals surface area (Å²) in [5.74, 6) is 1.09. The summed E-state index contributed by atoms with van der Waals surface area (Å²) in [6, 6.07) is -0.169. The van der Waals surface area contributed by atoms with Gasteiger partial charge in [-0.25, -0.2) is 0 Å². The monoisotopic (exact) mass is 239 g/mol. The summed E-state index contributed by atoms with van der Waals surface area (Å²) in [6.45, 7) is 3.36. The molecule has 6 nitrogen and oxygen atoms in total. The molecular formula is C11H17N3O3. The number of rotatable bonds is 4. The van der Waals surface area contributed by atoms with E-state index in [2.05, 4.69) is 10.1 Å². The zero-order valence-electron chi connectivity index (χ0n) is 10.2. The van der Waals surface area contributed by atoms with E-state index in [0.29, 0.717) is 18.3 Å². The summed E-state index contributed by atoms with van der Waals surface area (Å²) in [7, 11) is 1.42. The van der Waals surface area contributed by atoms with E-state index >= 15 is 0 Å². The maximum Gasteiger partial charge on any atom is 0.323 e. The quantitative estimate of drug-likeness (QED) is 0.723. The molecule has 1 fully saturated rings. The number of hydrogen-bond donors (Lipinski definition) is 0. The number of esters is 1. The lowest BCUT2D eigenvalue weighted by atomic mass is 10.2. The summed E-state index contributed by atoms with van der Waals surface area (Å²) in [6.07, 6.45) is 2.58. The molecule has 1 aromatic heterocycles. The van der Waals surface area contributed by atoms with Gasteiger partial charge in [0.05, 0.1) is 13.7 Å². The van der Waals surface area contributed by atoms with Gasteiger partial charge in [0.15, 0.2) is 5.82 Å². The number of methoxy groups -OCH3 is 1. The van der Waals surface area contributed by atoms with Crippen molar-refractivity contribution >= 4 is 5.97 Å². The van der Waals surface area contributed by atoms with Crippen LogP contribution >= 0.6 is 0 Å². The zero-order chi connectivity index (χ0) is 12.3. The molecule has 1 unspecified atom stereocenters. The Bertz CT molecular complexity index is 391. The van der Waals surface area contributed by atoms with Gasteiger partial charge in [0.2, 0.25) is 5.89 Å². The predicted molar refractivity (Wildman–Crippen MR) is 59.1 cm³/mol. The van der Waals surface area contributed by atoms with Crippen LogP contribution in [0.1, 0.15) is 31.5 Å². The molecule has 0 N–H and O–H groups in total. The average Bonchev–Trinajstić information content (AvgIpc) is 2.97. The fourth-order valence-electron chi connectivity index (χ4n) is 2.09. The summed E-state index contributed by atoms with van der Waals surface area (Å²) in [5.41, 5.74) is 0. The first-order valence-electron chi connectivity index (χ1n) is 5.88. The Morgan fingerprint density at radius 3 is 3.12 bits per heavy atom. The third-order valence-electron chi connectivity index (χ3n) is 3.00. The molecule has 0 saturated carbocycles. The molecule has 0 aliphatic carbocycles. The SMILES string of the molecule is CCc1noc(CN2CCCC2C(=O)OC)n1. The Labute approximate surface area is 99.9 Å². The number of hydrogen-bond acceptors (Lipinski definition) is 6. The van der Waals surface area contributed by atoms with E-state index in [-0.39, 0.29) is 12.0 Å². The molecule has 0 spiro atoms. The van der Waals surface area contributed by atoms with Crippen molar-refractivity contribution in [2.75, 3.05) is 13.7 Å². The van der Waals surface area contributed by atoms with Crippen LogP contribution in [-0.4, -0.2) is 40.7 Å². The molecule has 94 valence electrons. The van der Waals surface area contributed by atoms with Gasteiger partial charge in [-0.05, 0) is 19.4 Å². The largest absolute Gasteiger partial charge is 0.468 e. The number of carbonyl (C=O) groups is 1. The van der Waals surface area contributed by atoms with E-state index in [1.165, 1.54) is 7.11 Å². The van der Waals surface area contributed by atoms with E-state index in [1.54, 1.807) is 0 Å². The third kappa shape index (κ3) is 2.63. The molecule has 1 atom stereocenters. The predicted octanol–water partition coefficient (Wildman–Crippen LogP) is 0.769. The Morgan fingerprint density at radius 1 is 1.65 bits per heavy atom. The highest BCUT2D eigenvalue weighted by Gasteiger charge is 2.32. The van der Waals surface area contributed by atoms with Gasteiger partial charge in [0.25, 0.3) is 0 Å². The molecule has 1 aliphatic rings. The van der Waals surface area contributed by atoms with Crippen LogP contribution in [0.5, 0.6) is 0 Å². The van der Waals surface area contributed by atoms with Crippen LogP contribution in [-0.2, 0) is 22.5 Å². The fraction of sp³-hybridized carbons (Fsp3) is 0.727. The first-order valence-corrected chi connectivity index (χ1v) is 5.88. The van der Waals surface area contributed by atoms with Crippen LogP contribution < -0.4 is 0 Å². The van der Waals surface area contributed by atoms with Crippen molar-refractivity contribution in [2.24, 2.45) is 0 Å². The van der Waals surface area contributed by atoms with E-state index in [9.17, 15) is 4.79 Å². The van der Waals surface area contributed by atoms with Crippen LogP contribution in [0, 0.1) is 0 Å². The molecule has 2 heterocycles. The molecule has 6 heteroatoms. The van der Waals surface area contributed by atoms with E-state index in [0.717, 1.165) is 25.8 Å².